The molecular formula is C14H18N2O5. The highest BCUT2D eigenvalue weighted by Gasteiger charge is 2.37. The lowest BCUT2D eigenvalue weighted by Crippen LogP contribution is -2.50. The van der Waals surface area contributed by atoms with Gasteiger partial charge in [-0.1, -0.05) is 0 Å². The van der Waals surface area contributed by atoms with Gasteiger partial charge in [-0.15, -0.1) is 0 Å². The van der Waals surface area contributed by atoms with Gasteiger partial charge >= 0.3 is 12.0 Å². The molecule has 0 radical (unpaired) electrons. The number of aromatic hydroxyl groups is 1. The Morgan fingerprint density at radius 3 is 2.62 bits per heavy atom. The Balaban J connectivity index is 1.93. The van der Waals surface area contributed by atoms with Crippen molar-refractivity contribution in [2.45, 2.75) is 24.9 Å². The lowest BCUT2D eigenvalue weighted by Gasteiger charge is -2.40. The molecule has 1 aliphatic carbocycles. The van der Waals surface area contributed by atoms with E-state index in [9.17, 15) is 14.7 Å². The topological polar surface area (TPSA) is 108 Å². The Morgan fingerprint density at radius 2 is 2.10 bits per heavy atom. The number of carboxylic acid groups (broad SMARTS) is 1. The summed E-state index contributed by atoms with van der Waals surface area (Å²) in [6.07, 6.45) is 2.90. The fourth-order valence-electron chi connectivity index (χ4n) is 2.23. The Morgan fingerprint density at radius 1 is 1.38 bits per heavy atom. The molecule has 1 saturated carbocycles. The largest absolute Gasteiger partial charge is 0.507 e. The SMILES string of the molecule is COC1(CNC(=O)Nc2ccc(O)c(C(=O)O)c2)CCC1. The van der Waals surface area contributed by atoms with Crippen LogP contribution >= 0.6 is 0 Å². The molecule has 7 heteroatoms. The number of amides is 2. The van der Waals surface area contributed by atoms with E-state index in [-0.39, 0.29) is 16.9 Å². The van der Waals surface area contributed by atoms with Gasteiger partial charge in [-0.25, -0.2) is 9.59 Å². The minimum Gasteiger partial charge on any atom is -0.507 e. The first-order valence-electron chi connectivity index (χ1n) is 6.62. The van der Waals surface area contributed by atoms with Crippen LogP contribution in [-0.2, 0) is 4.74 Å². The Kier molecular flexibility index (Phi) is 4.32. The zero-order valence-corrected chi connectivity index (χ0v) is 11.7. The Bertz CT molecular complexity index is 549. The van der Waals surface area contributed by atoms with Crippen molar-refractivity contribution in [1.82, 2.24) is 5.32 Å². The fraction of sp³-hybridized carbons (Fsp3) is 0.429. The summed E-state index contributed by atoms with van der Waals surface area (Å²) in [4.78, 5) is 22.7. The summed E-state index contributed by atoms with van der Waals surface area (Å²) in [5, 5.41) is 23.5. The molecule has 2 rings (SSSR count). The number of ether oxygens (including phenoxy) is 1. The zero-order chi connectivity index (χ0) is 15.5. The van der Waals surface area contributed by atoms with E-state index in [1.165, 1.54) is 18.2 Å². The number of phenols is 1. The minimum absolute atomic E-state index is 0.264. The second kappa shape index (κ2) is 6.01. The van der Waals surface area contributed by atoms with E-state index < -0.39 is 12.0 Å². The summed E-state index contributed by atoms with van der Waals surface area (Å²) in [6, 6.07) is 3.41. The molecule has 0 unspecified atom stereocenters. The van der Waals surface area contributed by atoms with Crippen LogP contribution in [0.15, 0.2) is 18.2 Å². The first-order valence-corrected chi connectivity index (χ1v) is 6.62. The predicted molar refractivity (Wildman–Crippen MR) is 75.7 cm³/mol. The van der Waals surface area contributed by atoms with Gasteiger partial charge in [0, 0.05) is 19.3 Å². The molecule has 0 bridgehead atoms. The van der Waals surface area contributed by atoms with Gasteiger partial charge in [-0.2, -0.15) is 0 Å². The van der Waals surface area contributed by atoms with Crippen molar-refractivity contribution in [1.29, 1.82) is 0 Å². The van der Waals surface area contributed by atoms with Crippen LogP contribution in [-0.4, -0.2) is 41.5 Å². The molecule has 21 heavy (non-hydrogen) atoms. The zero-order valence-electron chi connectivity index (χ0n) is 11.7. The third kappa shape index (κ3) is 3.43. The molecule has 2 amide bonds. The molecule has 1 aromatic carbocycles. The van der Waals surface area contributed by atoms with Crippen LogP contribution in [0.2, 0.25) is 0 Å². The van der Waals surface area contributed by atoms with Gasteiger partial charge in [0.2, 0.25) is 0 Å². The summed E-state index contributed by atoms with van der Waals surface area (Å²) in [5.41, 5.74) is -0.249. The van der Waals surface area contributed by atoms with E-state index in [0.29, 0.717) is 12.2 Å². The van der Waals surface area contributed by atoms with E-state index >= 15 is 0 Å². The molecule has 7 nitrogen and oxygen atoms in total. The molecule has 0 spiro atoms. The lowest BCUT2D eigenvalue weighted by atomic mass is 9.80. The van der Waals surface area contributed by atoms with Gasteiger partial charge in [-0.05, 0) is 37.5 Å². The molecular weight excluding hydrogens is 276 g/mol. The fourth-order valence-corrected chi connectivity index (χ4v) is 2.23. The van der Waals surface area contributed by atoms with Crippen LogP contribution < -0.4 is 10.6 Å². The van der Waals surface area contributed by atoms with Crippen molar-refractivity contribution in [2.75, 3.05) is 19.0 Å². The van der Waals surface area contributed by atoms with Crippen LogP contribution in [0, 0.1) is 0 Å². The van der Waals surface area contributed by atoms with Crippen molar-refractivity contribution in [3.05, 3.63) is 23.8 Å². The number of benzene rings is 1. The average molecular weight is 294 g/mol. The van der Waals surface area contributed by atoms with Crippen molar-refractivity contribution in [3.63, 3.8) is 0 Å². The van der Waals surface area contributed by atoms with Gasteiger partial charge in [0.25, 0.3) is 0 Å². The summed E-state index contributed by atoms with van der Waals surface area (Å²) in [7, 11) is 1.62. The molecule has 0 aliphatic heterocycles. The maximum absolute atomic E-state index is 11.8. The van der Waals surface area contributed by atoms with Crippen molar-refractivity contribution in [3.8, 4) is 5.75 Å². The number of carbonyl (C=O) groups excluding carboxylic acids is 1. The maximum atomic E-state index is 11.8. The number of carboxylic acids is 1. The van der Waals surface area contributed by atoms with Gasteiger partial charge in [0.05, 0.1) is 5.60 Å². The number of carbonyl (C=O) groups is 2. The number of anilines is 1. The molecule has 0 heterocycles. The number of hydrogen-bond acceptors (Lipinski definition) is 4. The second-order valence-corrected chi connectivity index (χ2v) is 5.09. The van der Waals surface area contributed by atoms with E-state index in [4.69, 9.17) is 9.84 Å². The molecule has 114 valence electrons. The lowest BCUT2D eigenvalue weighted by molar-refractivity contribution is -0.0671. The molecule has 4 N–H and O–H groups in total. The Labute approximate surface area is 121 Å². The minimum atomic E-state index is -1.26. The summed E-state index contributed by atoms with van der Waals surface area (Å²) in [6.45, 7) is 0.402. The summed E-state index contributed by atoms with van der Waals surface area (Å²) >= 11 is 0. The molecule has 1 aromatic rings. The van der Waals surface area contributed by atoms with Crippen LogP contribution in [0.3, 0.4) is 0 Å². The van der Waals surface area contributed by atoms with Gasteiger partial charge < -0.3 is 25.6 Å². The summed E-state index contributed by atoms with van der Waals surface area (Å²) < 4.78 is 5.39. The average Bonchev–Trinajstić information content (AvgIpc) is 2.40. The van der Waals surface area contributed by atoms with Gasteiger partial charge in [0.15, 0.2) is 0 Å². The third-order valence-electron chi connectivity index (χ3n) is 3.75. The highest BCUT2D eigenvalue weighted by atomic mass is 16.5. The normalized spacial score (nSPS) is 15.9. The Hall–Kier alpha value is -2.28. The van der Waals surface area contributed by atoms with Gasteiger partial charge in [0.1, 0.15) is 11.3 Å². The maximum Gasteiger partial charge on any atom is 0.339 e. The predicted octanol–water partition coefficient (Wildman–Crippen LogP) is 1.78. The molecule has 0 saturated heterocycles. The highest BCUT2D eigenvalue weighted by Crippen LogP contribution is 2.34. The number of hydrogen-bond donors (Lipinski definition) is 4. The monoisotopic (exact) mass is 294 g/mol. The standard InChI is InChI=1S/C14H18N2O5/c1-21-14(5-2-6-14)8-15-13(20)16-9-3-4-11(17)10(7-9)12(18)19/h3-4,7,17H,2,5-6,8H2,1H3,(H,18,19)(H2,15,16,20). The third-order valence-corrected chi connectivity index (χ3v) is 3.75. The van der Waals surface area contributed by atoms with Crippen molar-refractivity contribution >= 4 is 17.7 Å². The van der Waals surface area contributed by atoms with Crippen molar-refractivity contribution in [2.24, 2.45) is 0 Å². The van der Waals surface area contributed by atoms with Crippen LogP contribution in [0.5, 0.6) is 5.75 Å². The number of methoxy groups -OCH3 is 1. The van der Waals surface area contributed by atoms with E-state index in [2.05, 4.69) is 10.6 Å². The molecule has 1 fully saturated rings. The second-order valence-electron chi connectivity index (χ2n) is 5.09. The van der Waals surface area contributed by atoms with E-state index in [0.717, 1.165) is 19.3 Å². The number of rotatable bonds is 5. The smallest absolute Gasteiger partial charge is 0.339 e. The number of urea groups is 1. The molecule has 0 aromatic heterocycles. The van der Waals surface area contributed by atoms with Gasteiger partial charge in [-0.3, -0.25) is 0 Å². The van der Waals surface area contributed by atoms with E-state index in [1.807, 2.05) is 0 Å². The quantitative estimate of drug-likeness (QED) is 0.619. The first-order chi connectivity index (χ1) is 9.96. The molecule has 1 aliphatic rings. The van der Waals surface area contributed by atoms with Crippen LogP contribution in [0.4, 0.5) is 10.5 Å². The molecule has 0 atom stereocenters. The van der Waals surface area contributed by atoms with Crippen molar-refractivity contribution < 1.29 is 24.5 Å². The van der Waals surface area contributed by atoms with Crippen LogP contribution in [0.25, 0.3) is 0 Å². The first kappa shape index (κ1) is 15.1. The number of nitrogens with one attached hydrogen (secondary N) is 2. The number of aromatic carboxylic acids is 1. The summed E-state index contributed by atoms with van der Waals surface area (Å²) in [5.74, 6) is -1.61. The van der Waals surface area contributed by atoms with Crippen LogP contribution in [0.1, 0.15) is 29.6 Å². The van der Waals surface area contributed by atoms with E-state index in [1.54, 1.807) is 7.11 Å². The highest BCUT2D eigenvalue weighted by molar-refractivity contribution is 5.95.